The van der Waals surface area contributed by atoms with Gasteiger partial charge in [-0.1, -0.05) is 107 Å². The summed E-state index contributed by atoms with van der Waals surface area (Å²) in [4.78, 5) is 5.32. The Kier molecular flexibility index (Phi) is 8.40. The van der Waals surface area contributed by atoms with E-state index in [0.29, 0.717) is 11.3 Å². The lowest BCUT2D eigenvalue weighted by molar-refractivity contribution is 0.996. The van der Waals surface area contributed by atoms with Crippen molar-refractivity contribution in [1.82, 2.24) is 4.98 Å². The highest BCUT2D eigenvalue weighted by Crippen LogP contribution is 2.51. The van der Waals surface area contributed by atoms with E-state index < -0.39 is 0 Å². The standard InChI is InChI=1S/C27H38ClNP2/c1-17(2)30(18(3)4)15-22-11-9-10-21-14-24-25(28)13-12-23(27(24)29-26(21)22)16-31(19(5)6)20(7)8/h9-14,17-20H,15-16H2,1-8H3. The number of pyridine rings is 1. The third kappa shape index (κ3) is 5.61. The number of halogens is 1. The Labute approximate surface area is 196 Å². The van der Waals surface area contributed by atoms with Gasteiger partial charge in [0.15, 0.2) is 0 Å². The fraction of sp³-hybridized carbons (Fsp3) is 0.519. The molecule has 0 atom stereocenters. The molecule has 1 nitrogen and oxygen atoms in total. The Balaban J connectivity index is 2.17. The van der Waals surface area contributed by atoms with E-state index in [0.717, 1.165) is 39.6 Å². The third-order valence-corrected chi connectivity index (χ3v) is 13.3. The first-order valence-electron chi connectivity index (χ1n) is 11.6. The summed E-state index contributed by atoms with van der Waals surface area (Å²) in [5.74, 6) is 0. The van der Waals surface area contributed by atoms with Crippen LogP contribution in [0, 0.1) is 0 Å². The van der Waals surface area contributed by atoms with Crippen molar-refractivity contribution in [2.24, 2.45) is 0 Å². The molecular formula is C27H38ClNP2. The Morgan fingerprint density at radius 3 is 1.74 bits per heavy atom. The molecule has 1 heterocycles. The van der Waals surface area contributed by atoms with Crippen LogP contribution in [0.4, 0.5) is 0 Å². The molecule has 2 aromatic carbocycles. The fourth-order valence-electron chi connectivity index (χ4n) is 4.60. The van der Waals surface area contributed by atoms with Crippen molar-refractivity contribution in [2.75, 3.05) is 0 Å². The number of rotatable bonds is 8. The van der Waals surface area contributed by atoms with Crippen LogP contribution in [0.25, 0.3) is 21.8 Å². The molecule has 3 rings (SSSR count). The zero-order chi connectivity index (χ0) is 22.9. The largest absolute Gasteiger partial charge is 0.247 e. The van der Waals surface area contributed by atoms with E-state index in [-0.39, 0.29) is 15.8 Å². The summed E-state index contributed by atoms with van der Waals surface area (Å²) in [6, 6.07) is 13.2. The Bertz CT molecular complexity index is 1030. The first kappa shape index (κ1) is 24.9. The zero-order valence-corrected chi connectivity index (χ0v) is 23.0. The van der Waals surface area contributed by atoms with Crippen LogP contribution in [0.2, 0.25) is 5.02 Å². The molecule has 0 amide bonds. The van der Waals surface area contributed by atoms with Crippen LogP contribution >= 0.6 is 27.4 Å². The number of benzene rings is 2. The maximum absolute atomic E-state index is 6.67. The van der Waals surface area contributed by atoms with Gasteiger partial charge in [-0.05, 0) is 58.2 Å². The minimum atomic E-state index is -0.0997. The minimum Gasteiger partial charge on any atom is -0.247 e. The lowest BCUT2D eigenvalue weighted by Gasteiger charge is -2.27. The minimum absolute atomic E-state index is 0.0793. The molecule has 0 unspecified atom stereocenters. The summed E-state index contributed by atoms with van der Waals surface area (Å²) >= 11 is 6.67. The molecule has 0 bridgehead atoms. The Hall–Kier alpha value is -0.740. The van der Waals surface area contributed by atoms with Crippen LogP contribution in [0.1, 0.15) is 66.5 Å². The van der Waals surface area contributed by atoms with Crippen LogP contribution in [0.15, 0.2) is 36.4 Å². The second kappa shape index (κ2) is 10.5. The average molecular weight is 474 g/mol. The molecule has 0 aliphatic carbocycles. The maximum atomic E-state index is 6.67. The number of fused-ring (bicyclic) bond motifs is 2. The first-order chi connectivity index (χ1) is 14.6. The van der Waals surface area contributed by atoms with E-state index in [2.05, 4.69) is 91.8 Å². The second-order valence-corrected chi connectivity index (χ2v) is 17.0. The average Bonchev–Trinajstić information content (AvgIpc) is 2.69. The lowest BCUT2D eigenvalue weighted by Crippen LogP contribution is -2.07. The predicted molar refractivity (Wildman–Crippen MR) is 146 cm³/mol. The zero-order valence-electron chi connectivity index (χ0n) is 20.4. The maximum Gasteiger partial charge on any atom is 0.0760 e. The molecule has 1 aromatic heterocycles. The SMILES string of the molecule is CC(C)P(Cc1cccc2cc3c(Cl)ccc(CP(C(C)C)C(C)C)c3nc12)C(C)C. The van der Waals surface area contributed by atoms with E-state index in [4.69, 9.17) is 16.6 Å². The monoisotopic (exact) mass is 473 g/mol. The van der Waals surface area contributed by atoms with Crippen molar-refractivity contribution in [3.05, 3.63) is 52.5 Å². The molecule has 4 heteroatoms. The molecule has 0 radical (unpaired) electrons. The van der Waals surface area contributed by atoms with Crippen LogP contribution in [-0.4, -0.2) is 27.6 Å². The molecule has 0 N–H and O–H groups in total. The van der Waals surface area contributed by atoms with E-state index in [1.54, 1.807) is 0 Å². The van der Waals surface area contributed by atoms with Gasteiger partial charge in [0.25, 0.3) is 0 Å². The van der Waals surface area contributed by atoms with Crippen molar-refractivity contribution in [3.8, 4) is 0 Å². The summed E-state index contributed by atoms with van der Waals surface area (Å²) in [7, 11) is -0.179. The summed E-state index contributed by atoms with van der Waals surface area (Å²) in [6.07, 6.45) is 2.25. The van der Waals surface area contributed by atoms with Crippen LogP contribution in [0.5, 0.6) is 0 Å². The van der Waals surface area contributed by atoms with Gasteiger partial charge < -0.3 is 0 Å². The summed E-state index contributed by atoms with van der Waals surface area (Å²) in [5, 5.41) is 3.12. The molecule has 0 aliphatic heterocycles. The quantitative estimate of drug-likeness (QED) is 0.234. The Morgan fingerprint density at radius 1 is 0.710 bits per heavy atom. The van der Waals surface area contributed by atoms with Gasteiger partial charge in [-0.3, -0.25) is 0 Å². The van der Waals surface area contributed by atoms with Crippen LogP contribution in [0.3, 0.4) is 0 Å². The second-order valence-electron chi connectivity index (χ2n) is 9.80. The smallest absolute Gasteiger partial charge is 0.0760 e. The first-order valence-corrected chi connectivity index (χ1v) is 15.3. The van der Waals surface area contributed by atoms with E-state index in [9.17, 15) is 0 Å². The molecule has 0 saturated heterocycles. The molecule has 3 aromatic rings. The molecule has 0 fully saturated rings. The summed E-state index contributed by atoms with van der Waals surface area (Å²) in [5.41, 5.74) is 7.89. The molecule has 0 saturated carbocycles. The van der Waals surface area contributed by atoms with Crippen molar-refractivity contribution < 1.29 is 0 Å². The van der Waals surface area contributed by atoms with Gasteiger partial charge in [-0.2, -0.15) is 0 Å². The highest BCUT2D eigenvalue weighted by Gasteiger charge is 2.21. The molecule has 31 heavy (non-hydrogen) atoms. The summed E-state index contributed by atoms with van der Waals surface area (Å²) < 4.78 is 0. The fourth-order valence-corrected chi connectivity index (χ4v) is 9.95. The van der Waals surface area contributed by atoms with Gasteiger partial charge in [-0.15, -0.1) is 0 Å². The highest BCUT2D eigenvalue weighted by atomic mass is 35.5. The number of hydrogen-bond donors (Lipinski definition) is 0. The van der Waals surface area contributed by atoms with Crippen molar-refractivity contribution >= 4 is 49.2 Å². The van der Waals surface area contributed by atoms with Gasteiger partial charge in [0.05, 0.1) is 16.1 Å². The van der Waals surface area contributed by atoms with E-state index >= 15 is 0 Å². The van der Waals surface area contributed by atoms with E-state index in [1.165, 1.54) is 22.0 Å². The normalized spacial score (nSPS) is 12.7. The molecule has 0 aliphatic rings. The number of aromatic nitrogens is 1. The van der Waals surface area contributed by atoms with E-state index in [1.807, 2.05) is 0 Å². The number of hydrogen-bond acceptors (Lipinski definition) is 1. The lowest BCUT2D eigenvalue weighted by atomic mass is 10.1. The highest BCUT2D eigenvalue weighted by molar-refractivity contribution is 7.58. The predicted octanol–water partition coefficient (Wildman–Crippen LogP) is 9.64. The topological polar surface area (TPSA) is 12.9 Å². The van der Waals surface area contributed by atoms with Gasteiger partial charge in [0.2, 0.25) is 0 Å². The number of nitrogens with zero attached hydrogens (tertiary/aromatic N) is 1. The molecule has 0 spiro atoms. The Morgan fingerprint density at radius 2 is 1.23 bits per heavy atom. The van der Waals surface area contributed by atoms with Gasteiger partial charge in [0, 0.05) is 10.8 Å². The van der Waals surface area contributed by atoms with Gasteiger partial charge >= 0.3 is 0 Å². The van der Waals surface area contributed by atoms with Crippen molar-refractivity contribution in [2.45, 2.75) is 90.3 Å². The third-order valence-electron chi connectivity index (χ3n) is 6.28. The molecular weight excluding hydrogens is 436 g/mol. The van der Waals surface area contributed by atoms with Crippen LogP contribution < -0.4 is 0 Å². The molecule has 168 valence electrons. The summed E-state index contributed by atoms with van der Waals surface area (Å²) in [6.45, 7) is 19.0. The van der Waals surface area contributed by atoms with Crippen LogP contribution in [-0.2, 0) is 12.3 Å². The van der Waals surface area contributed by atoms with Crippen molar-refractivity contribution in [1.29, 1.82) is 0 Å². The van der Waals surface area contributed by atoms with Gasteiger partial charge in [-0.25, -0.2) is 4.98 Å². The van der Waals surface area contributed by atoms with Crippen molar-refractivity contribution in [3.63, 3.8) is 0 Å². The number of para-hydroxylation sites is 1. The van der Waals surface area contributed by atoms with Gasteiger partial charge in [0.1, 0.15) is 0 Å².